The van der Waals surface area contributed by atoms with Gasteiger partial charge in [-0.25, -0.2) is 0 Å². The van der Waals surface area contributed by atoms with Gasteiger partial charge >= 0.3 is 0 Å². The topological polar surface area (TPSA) is 71.3 Å². The lowest BCUT2D eigenvalue weighted by atomic mass is 9.81. The molecule has 2 aliphatic rings. The van der Waals surface area contributed by atoms with Gasteiger partial charge in [0, 0.05) is 20.0 Å². The average Bonchev–Trinajstić information content (AvgIpc) is 3.26. The van der Waals surface area contributed by atoms with E-state index in [1.165, 1.54) is 6.42 Å². The third kappa shape index (κ3) is 3.10. The summed E-state index contributed by atoms with van der Waals surface area (Å²) in [5.74, 6) is 1.45. The summed E-state index contributed by atoms with van der Waals surface area (Å²) in [5.41, 5.74) is -0.296. The highest BCUT2D eigenvalue weighted by Crippen LogP contribution is 2.35. The van der Waals surface area contributed by atoms with Gasteiger partial charge in [-0.05, 0) is 25.7 Å². The second-order valence-electron chi connectivity index (χ2n) is 6.37. The molecule has 2 fully saturated rings. The molecular formula is C15H24N4O2. The Hall–Kier alpha value is -1.43. The van der Waals surface area contributed by atoms with Crippen LogP contribution in [-0.4, -0.2) is 40.6 Å². The Balaban J connectivity index is 1.69. The molecule has 116 valence electrons. The predicted molar refractivity (Wildman–Crippen MR) is 77.6 cm³/mol. The summed E-state index contributed by atoms with van der Waals surface area (Å²) in [6.07, 6.45) is 7.70. The Bertz CT molecular complexity index is 504. The van der Waals surface area contributed by atoms with Crippen molar-refractivity contribution >= 4 is 5.91 Å². The van der Waals surface area contributed by atoms with Crippen molar-refractivity contribution in [2.75, 3.05) is 13.6 Å². The summed E-state index contributed by atoms with van der Waals surface area (Å²) < 4.78 is 5.15. The molecule has 0 saturated heterocycles. The molecule has 0 aromatic carbocycles. The summed E-state index contributed by atoms with van der Waals surface area (Å²) in [5, 5.41) is 7.56. The van der Waals surface area contributed by atoms with Crippen LogP contribution in [0.25, 0.3) is 0 Å². The van der Waals surface area contributed by atoms with Crippen LogP contribution in [0.2, 0.25) is 0 Å². The summed E-state index contributed by atoms with van der Waals surface area (Å²) in [6.45, 7) is 2.15. The predicted octanol–water partition coefficient (Wildman–Crippen LogP) is 1.75. The first-order valence-electron chi connectivity index (χ1n) is 7.92. The normalized spacial score (nSPS) is 21.2. The quantitative estimate of drug-likeness (QED) is 0.895. The molecule has 3 rings (SSSR count). The molecule has 0 spiro atoms. The number of likely N-dealkylation sites (N-methyl/N-ethyl adjacent to an activating group) is 1. The highest BCUT2D eigenvalue weighted by atomic mass is 16.5. The first-order valence-corrected chi connectivity index (χ1v) is 7.92. The Kier molecular flexibility index (Phi) is 3.97. The van der Waals surface area contributed by atoms with E-state index in [4.69, 9.17) is 4.52 Å². The Morgan fingerprint density at radius 3 is 2.67 bits per heavy atom. The van der Waals surface area contributed by atoms with E-state index in [1.54, 1.807) is 6.92 Å². The zero-order valence-corrected chi connectivity index (χ0v) is 12.9. The van der Waals surface area contributed by atoms with Gasteiger partial charge in [0.25, 0.3) is 0 Å². The van der Waals surface area contributed by atoms with E-state index in [-0.39, 0.29) is 11.4 Å². The molecule has 6 nitrogen and oxygen atoms in total. The molecule has 0 radical (unpaired) electrons. The van der Waals surface area contributed by atoms with Crippen LogP contribution in [0, 0.1) is 6.92 Å². The van der Waals surface area contributed by atoms with E-state index in [2.05, 4.69) is 15.5 Å². The Morgan fingerprint density at radius 2 is 2.10 bits per heavy atom. The molecule has 21 heavy (non-hydrogen) atoms. The van der Waals surface area contributed by atoms with Crippen LogP contribution >= 0.6 is 0 Å². The molecule has 0 unspecified atom stereocenters. The van der Waals surface area contributed by atoms with Crippen LogP contribution in [0.3, 0.4) is 0 Å². The minimum atomic E-state index is -0.296. The van der Waals surface area contributed by atoms with Gasteiger partial charge in [-0.1, -0.05) is 24.4 Å². The van der Waals surface area contributed by atoms with Gasteiger partial charge in [0.1, 0.15) is 0 Å². The number of nitrogens with zero attached hydrogens (tertiary/aromatic N) is 3. The van der Waals surface area contributed by atoms with Gasteiger partial charge in [0.15, 0.2) is 5.82 Å². The summed E-state index contributed by atoms with van der Waals surface area (Å²) in [6, 6.07) is 0.453. The number of amides is 1. The molecule has 0 aliphatic heterocycles. The van der Waals surface area contributed by atoms with Crippen molar-refractivity contribution in [3.05, 3.63) is 11.7 Å². The molecule has 0 bridgehead atoms. The fourth-order valence-corrected chi connectivity index (χ4v) is 3.16. The average molecular weight is 292 g/mol. The van der Waals surface area contributed by atoms with Crippen molar-refractivity contribution in [2.24, 2.45) is 0 Å². The molecule has 1 amide bonds. The van der Waals surface area contributed by atoms with Crippen molar-refractivity contribution in [1.29, 1.82) is 0 Å². The second kappa shape index (κ2) is 5.75. The Labute approximate surface area is 125 Å². The van der Waals surface area contributed by atoms with Crippen molar-refractivity contribution < 1.29 is 9.32 Å². The van der Waals surface area contributed by atoms with Crippen LogP contribution in [0.5, 0.6) is 0 Å². The molecular weight excluding hydrogens is 268 g/mol. The smallest absolute Gasteiger partial charge is 0.236 e. The minimum absolute atomic E-state index is 0.155. The standard InChI is InChI=1S/C15H24N4O2/c1-11-17-14(18-21-11)15(8-4-3-5-9-15)16-10-13(20)19(2)12-6-7-12/h12,16H,3-10H2,1-2H3. The molecule has 1 heterocycles. The largest absolute Gasteiger partial charge is 0.342 e. The third-order valence-corrected chi connectivity index (χ3v) is 4.73. The van der Waals surface area contributed by atoms with Crippen LogP contribution in [0.15, 0.2) is 4.52 Å². The van der Waals surface area contributed by atoms with Crippen LogP contribution < -0.4 is 5.32 Å². The zero-order chi connectivity index (χ0) is 14.9. The van der Waals surface area contributed by atoms with E-state index in [0.29, 0.717) is 24.3 Å². The van der Waals surface area contributed by atoms with Gasteiger partial charge in [0.2, 0.25) is 11.8 Å². The highest BCUT2D eigenvalue weighted by molar-refractivity contribution is 5.78. The van der Waals surface area contributed by atoms with Crippen LogP contribution in [0.4, 0.5) is 0 Å². The maximum absolute atomic E-state index is 12.2. The molecule has 1 aromatic rings. The minimum Gasteiger partial charge on any atom is -0.342 e. The lowest BCUT2D eigenvalue weighted by Crippen LogP contribution is -2.49. The van der Waals surface area contributed by atoms with E-state index in [1.807, 2.05) is 11.9 Å². The number of carbonyl (C=O) groups excluding carboxylic acids is 1. The summed E-state index contributed by atoms with van der Waals surface area (Å²) >= 11 is 0. The number of hydrogen-bond donors (Lipinski definition) is 1. The molecule has 0 atom stereocenters. The SMILES string of the molecule is Cc1nc(C2(NCC(=O)N(C)C3CC3)CCCCC2)no1. The first kappa shape index (κ1) is 14.5. The van der Waals surface area contributed by atoms with Gasteiger partial charge in [-0.3, -0.25) is 10.1 Å². The van der Waals surface area contributed by atoms with E-state index >= 15 is 0 Å². The van der Waals surface area contributed by atoms with Crippen molar-refractivity contribution in [1.82, 2.24) is 20.4 Å². The second-order valence-corrected chi connectivity index (χ2v) is 6.37. The van der Waals surface area contributed by atoms with E-state index in [9.17, 15) is 4.79 Å². The van der Waals surface area contributed by atoms with Crippen LogP contribution in [0.1, 0.15) is 56.7 Å². The fraction of sp³-hybridized carbons (Fsp3) is 0.800. The highest BCUT2D eigenvalue weighted by Gasteiger charge is 2.39. The zero-order valence-electron chi connectivity index (χ0n) is 12.9. The van der Waals surface area contributed by atoms with Crippen molar-refractivity contribution in [2.45, 2.75) is 63.5 Å². The number of aromatic nitrogens is 2. The number of carbonyl (C=O) groups is 1. The third-order valence-electron chi connectivity index (χ3n) is 4.73. The fourth-order valence-electron chi connectivity index (χ4n) is 3.16. The number of rotatable bonds is 5. The lowest BCUT2D eigenvalue weighted by molar-refractivity contribution is -0.130. The maximum atomic E-state index is 12.2. The molecule has 1 N–H and O–H groups in total. The van der Waals surface area contributed by atoms with Gasteiger partial charge in [-0.2, -0.15) is 4.98 Å². The molecule has 1 aromatic heterocycles. The van der Waals surface area contributed by atoms with E-state index in [0.717, 1.165) is 38.5 Å². The number of nitrogens with one attached hydrogen (secondary N) is 1. The molecule has 2 saturated carbocycles. The van der Waals surface area contributed by atoms with Crippen molar-refractivity contribution in [3.8, 4) is 0 Å². The first-order chi connectivity index (χ1) is 10.1. The maximum Gasteiger partial charge on any atom is 0.236 e. The van der Waals surface area contributed by atoms with Crippen molar-refractivity contribution in [3.63, 3.8) is 0 Å². The molecule has 2 aliphatic carbocycles. The van der Waals surface area contributed by atoms with Gasteiger partial charge < -0.3 is 9.42 Å². The monoisotopic (exact) mass is 292 g/mol. The van der Waals surface area contributed by atoms with Crippen LogP contribution in [-0.2, 0) is 10.3 Å². The van der Waals surface area contributed by atoms with E-state index < -0.39 is 0 Å². The number of aryl methyl sites for hydroxylation is 1. The Morgan fingerprint density at radius 1 is 1.38 bits per heavy atom. The summed E-state index contributed by atoms with van der Waals surface area (Å²) in [4.78, 5) is 18.5. The van der Waals surface area contributed by atoms with Gasteiger partial charge in [-0.15, -0.1) is 0 Å². The molecule has 6 heteroatoms. The van der Waals surface area contributed by atoms with Gasteiger partial charge in [0.05, 0.1) is 12.1 Å². The lowest BCUT2D eigenvalue weighted by Gasteiger charge is -2.35. The number of hydrogen-bond acceptors (Lipinski definition) is 5. The summed E-state index contributed by atoms with van der Waals surface area (Å²) in [7, 11) is 1.90.